The molecule has 0 saturated heterocycles. The molecule has 104 valence electrons. The quantitative estimate of drug-likeness (QED) is 0.785. The molecular weight excluding hydrogens is 348 g/mol. The summed E-state index contributed by atoms with van der Waals surface area (Å²) in [5.41, 5.74) is 5.49. The Bertz CT molecular complexity index is 503. The van der Waals surface area contributed by atoms with Gasteiger partial charge < -0.3 is 11.1 Å². The zero-order chi connectivity index (χ0) is 14.6. The molecule has 0 bridgehead atoms. The van der Waals surface area contributed by atoms with E-state index in [1.165, 1.54) is 0 Å². The van der Waals surface area contributed by atoms with E-state index in [1.807, 2.05) is 13.8 Å². The van der Waals surface area contributed by atoms with E-state index in [4.69, 9.17) is 29.6 Å². The van der Waals surface area contributed by atoms with Crippen LogP contribution in [0.5, 0.6) is 0 Å². The van der Waals surface area contributed by atoms with Gasteiger partial charge in [-0.05, 0) is 31.0 Å². The van der Waals surface area contributed by atoms with Gasteiger partial charge in [-0.2, -0.15) is 0 Å². The molecule has 3 nitrogen and oxygen atoms in total. The van der Waals surface area contributed by atoms with Crippen molar-refractivity contribution in [2.75, 3.05) is 0 Å². The number of hydrogen-bond donors (Lipinski definition) is 2. The highest BCUT2D eigenvalue weighted by molar-refractivity contribution is 9.10. The van der Waals surface area contributed by atoms with Gasteiger partial charge in [-0.15, -0.1) is 0 Å². The van der Waals surface area contributed by atoms with E-state index in [1.54, 1.807) is 18.2 Å². The molecular formula is C13H16BrClN2OS. The van der Waals surface area contributed by atoms with Crippen molar-refractivity contribution in [2.45, 2.75) is 32.2 Å². The van der Waals surface area contributed by atoms with Crippen molar-refractivity contribution in [3.05, 3.63) is 33.3 Å². The van der Waals surface area contributed by atoms with E-state index in [0.717, 1.165) is 4.47 Å². The van der Waals surface area contributed by atoms with E-state index in [0.29, 0.717) is 23.4 Å². The van der Waals surface area contributed by atoms with Gasteiger partial charge in [0.15, 0.2) is 0 Å². The third-order valence-electron chi connectivity index (χ3n) is 3.20. The van der Waals surface area contributed by atoms with Gasteiger partial charge in [0, 0.05) is 4.47 Å². The summed E-state index contributed by atoms with van der Waals surface area (Å²) < 4.78 is 0.788. The molecule has 0 atom stereocenters. The number of benzene rings is 1. The molecule has 1 amide bonds. The highest BCUT2D eigenvalue weighted by atomic mass is 79.9. The number of carbonyl (C=O) groups is 1. The fourth-order valence-corrected chi connectivity index (χ4v) is 2.70. The Morgan fingerprint density at radius 1 is 1.47 bits per heavy atom. The minimum atomic E-state index is -0.669. The third-order valence-corrected chi connectivity index (χ3v) is 4.42. The summed E-state index contributed by atoms with van der Waals surface area (Å²) in [5, 5.41) is 3.30. The first-order valence-electron chi connectivity index (χ1n) is 5.93. The number of amides is 1. The fraction of sp³-hybridized carbons (Fsp3) is 0.385. The first kappa shape index (κ1) is 16.4. The second-order valence-electron chi connectivity index (χ2n) is 4.23. The number of halogens is 2. The fourth-order valence-electron chi connectivity index (χ4n) is 1.79. The maximum atomic E-state index is 12.3. The van der Waals surface area contributed by atoms with E-state index in [-0.39, 0.29) is 10.9 Å². The Labute approximate surface area is 132 Å². The molecule has 0 spiro atoms. The van der Waals surface area contributed by atoms with Crippen molar-refractivity contribution in [3.8, 4) is 0 Å². The van der Waals surface area contributed by atoms with Crippen LogP contribution in [0.2, 0.25) is 5.02 Å². The van der Waals surface area contributed by atoms with Crippen molar-refractivity contribution in [3.63, 3.8) is 0 Å². The van der Waals surface area contributed by atoms with Crippen LogP contribution in [0.3, 0.4) is 0 Å². The number of carbonyl (C=O) groups excluding carboxylic acids is 1. The summed E-state index contributed by atoms with van der Waals surface area (Å²) in [6, 6.07) is 5.12. The molecule has 6 heteroatoms. The molecule has 0 saturated carbocycles. The van der Waals surface area contributed by atoms with Crippen LogP contribution in [0.4, 0.5) is 0 Å². The van der Waals surface area contributed by atoms with Gasteiger partial charge in [-0.3, -0.25) is 4.79 Å². The Kier molecular flexibility index (Phi) is 5.77. The van der Waals surface area contributed by atoms with Crippen molar-refractivity contribution in [2.24, 2.45) is 5.73 Å². The minimum Gasteiger partial charge on any atom is -0.391 e. The first-order valence-corrected chi connectivity index (χ1v) is 7.51. The predicted octanol–water partition coefficient (Wildman–Crippen LogP) is 3.68. The lowest BCUT2D eigenvalue weighted by molar-refractivity contribution is 0.0920. The van der Waals surface area contributed by atoms with Crippen LogP contribution < -0.4 is 11.1 Å². The molecule has 19 heavy (non-hydrogen) atoms. The van der Waals surface area contributed by atoms with Crippen molar-refractivity contribution in [1.82, 2.24) is 5.32 Å². The second-order valence-corrected chi connectivity index (χ2v) is 5.99. The van der Waals surface area contributed by atoms with E-state index in [2.05, 4.69) is 21.2 Å². The molecule has 0 heterocycles. The summed E-state index contributed by atoms with van der Waals surface area (Å²) in [6.45, 7) is 3.87. The maximum Gasteiger partial charge on any atom is 0.253 e. The van der Waals surface area contributed by atoms with Gasteiger partial charge in [-0.1, -0.05) is 53.6 Å². The molecule has 1 aromatic carbocycles. The Balaban J connectivity index is 3.07. The number of nitrogens with two attached hydrogens (primary N) is 1. The number of thiocarbonyl (C=S) groups is 1. The Morgan fingerprint density at radius 2 is 2.05 bits per heavy atom. The molecule has 0 radical (unpaired) electrons. The smallest absolute Gasteiger partial charge is 0.253 e. The highest BCUT2D eigenvalue weighted by Crippen LogP contribution is 2.23. The molecule has 0 aliphatic heterocycles. The zero-order valence-electron chi connectivity index (χ0n) is 10.8. The van der Waals surface area contributed by atoms with Gasteiger partial charge in [-0.25, -0.2) is 0 Å². The standard InChI is InChI=1S/C13H16BrClN2OS/c1-3-13(4-2,12(16)19)17-11(18)9-7-8(14)5-6-10(9)15/h5-7H,3-4H2,1-2H3,(H2,16,19)(H,17,18). The number of nitrogens with one attached hydrogen (secondary N) is 1. The van der Waals surface area contributed by atoms with Gasteiger partial charge in [0.1, 0.15) is 0 Å². The van der Waals surface area contributed by atoms with E-state index < -0.39 is 5.54 Å². The summed E-state index contributed by atoms with van der Waals surface area (Å²) >= 11 is 14.4. The van der Waals surface area contributed by atoms with Crippen molar-refractivity contribution in [1.29, 1.82) is 0 Å². The monoisotopic (exact) mass is 362 g/mol. The predicted molar refractivity (Wildman–Crippen MR) is 86.7 cm³/mol. The molecule has 0 aromatic heterocycles. The first-order chi connectivity index (χ1) is 8.86. The van der Waals surface area contributed by atoms with E-state index >= 15 is 0 Å². The van der Waals surface area contributed by atoms with Gasteiger partial charge in [0.25, 0.3) is 5.91 Å². The molecule has 1 rings (SSSR count). The van der Waals surface area contributed by atoms with Crippen LogP contribution in [0.15, 0.2) is 22.7 Å². The molecule has 0 aliphatic rings. The summed E-state index contributed by atoms with van der Waals surface area (Å²) in [7, 11) is 0. The summed E-state index contributed by atoms with van der Waals surface area (Å²) in [6.07, 6.45) is 1.27. The normalized spacial score (nSPS) is 11.2. The minimum absolute atomic E-state index is 0.275. The average molecular weight is 364 g/mol. The van der Waals surface area contributed by atoms with Crippen LogP contribution in [0.1, 0.15) is 37.0 Å². The average Bonchev–Trinajstić information content (AvgIpc) is 2.38. The van der Waals surface area contributed by atoms with Gasteiger partial charge >= 0.3 is 0 Å². The lowest BCUT2D eigenvalue weighted by Gasteiger charge is -2.31. The number of rotatable bonds is 5. The SMILES string of the molecule is CCC(CC)(NC(=O)c1cc(Br)ccc1Cl)C(N)=S. The zero-order valence-corrected chi connectivity index (χ0v) is 14.0. The largest absolute Gasteiger partial charge is 0.391 e. The second kappa shape index (κ2) is 6.68. The summed E-state index contributed by atoms with van der Waals surface area (Å²) in [4.78, 5) is 12.6. The van der Waals surface area contributed by atoms with Crippen LogP contribution in [0.25, 0.3) is 0 Å². The molecule has 3 N–H and O–H groups in total. The number of hydrogen-bond acceptors (Lipinski definition) is 2. The molecule has 0 aliphatic carbocycles. The molecule has 0 fully saturated rings. The van der Waals surface area contributed by atoms with Crippen molar-refractivity contribution >= 4 is 50.6 Å². The van der Waals surface area contributed by atoms with Crippen LogP contribution >= 0.6 is 39.7 Å². The van der Waals surface area contributed by atoms with Crippen LogP contribution in [0, 0.1) is 0 Å². The molecule has 0 unspecified atom stereocenters. The van der Waals surface area contributed by atoms with E-state index in [9.17, 15) is 4.79 Å². The van der Waals surface area contributed by atoms with Crippen LogP contribution in [-0.2, 0) is 0 Å². The lowest BCUT2D eigenvalue weighted by atomic mass is 9.92. The van der Waals surface area contributed by atoms with Gasteiger partial charge in [0.2, 0.25) is 0 Å². The molecule has 1 aromatic rings. The van der Waals surface area contributed by atoms with Gasteiger partial charge in [0.05, 0.1) is 21.1 Å². The lowest BCUT2D eigenvalue weighted by Crippen LogP contribution is -2.56. The van der Waals surface area contributed by atoms with Crippen molar-refractivity contribution < 1.29 is 4.79 Å². The Morgan fingerprint density at radius 3 is 2.53 bits per heavy atom. The Hall–Kier alpha value is -0.650. The summed E-state index contributed by atoms with van der Waals surface area (Å²) in [5.74, 6) is -0.275. The highest BCUT2D eigenvalue weighted by Gasteiger charge is 2.32. The maximum absolute atomic E-state index is 12.3. The topological polar surface area (TPSA) is 55.1 Å². The third kappa shape index (κ3) is 3.68. The van der Waals surface area contributed by atoms with Crippen LogP contribution in [-0.4, -0.2) is 16.4 Å².